The summed E-state index contributed by atoms with van der Waals surface area (Å²) >= 11 is 0. The Bertz CT molecular complexity index is 765. The van der Waals surface area contributed by atoms with E-state index in [-0.39, 0.29) is 11.1 Å². The first-order valence-corrected chi connectivity index (χ1v) is 12.9. The first kappa shape index (κ1) is 20.7. The average Bonchev–Trinajstić information content (AvgIpc) is 2.58. The van der Waals surface area contributed by atoms with E-state index in [4.69, 9.17) is 4.43 Å². The third-order valence-electron chi connectivity index (χ3n) is 4.87. The van der Waals surface area contributed by atoms with Crippen LogP contribution in [0.2, 0.25) is 18.1 Å². The van der Waals surface area contributed by atoms with E-state index in [1.807, 2.05) is 61.5 Å². The molecular weight excluding hydrogens is 358 g/mol. The SMILES string of the molecule is Cc1ccc([S@](=O)/N=C/[C@H](O[Si](C)(C)C(C)(C)C)c2ccccc2)cc1. The molecule has 0 aliphatic carbocycles. The topological polar surface area (TPSA) is 38.7 Å². The molecule has 0 saturated heterocycles. The van der Waals surface area contributed by atoms with Crippen LogP contribution < -0.4 is 0 Å². The summed E-state index contributed by atoms with van der Waals surface area (Å²) in [6.45, 7) is 13.1. The zero-order valence-electron chi connectivity index (χ0n) is 16.5. The monoisotopic (exact) mass is 387 g/mol. The molecule has 5 heteroatoms. The predicted molar refractivity (Wildman–Crippen MR) is 114 cm³/mol. The summed E-state index contributed by atoms with van der Waals surface area (Å²) in [5.74, 6) is 0. The van der Waals surface area contributed by atoms with Crippen molar-refractivity contribution in [2.75, 3.05) is 0 Å². The molecule has 0 aliphatic heterocycles. The van der Waals surface area contributed by atoms with Crippen LogP contribution in [0.15, 0.2) is 63.9 Å². The molecule has 26 heavy (non-hydrogen) atoms. The van der Waals surface area contributed by atoms with Crippen LogP contribution in [0.3, 0.4) is 0 Å². The van der Waals surface area contributed by atoms with Crippen LogP contribution >= 0.6 is 0 Å². The molecule has 0 N–H and O–H groups in total. The maximum Gasteiger partial charge on any atom is 0.193 e. The lowest BCUT2D eigenvalue weighted by atomic mass is 10.1. The van der Waals surface area contributed by atoms with Crippen molar-refractivity contribution >= 4 is 25.5 Å². The predicted octanol–water partition coefficient (Wildman–Crippen LogP) is 5.85. The van der Waals surface area contributed by atoms with Crippen LogP contribution in [-0.2, 0) is 15.4 Å². The molecule has 2 rings (SSSR count). The summed E-state index contributed by atoms with van der Waals surface area (Å²) < 4.78 is 23.4. The van der Waals surface area contributed by atoms with Crippen LogP contribution in [0.1, 0.15) is 38.0 Å². The Balaban J connectivity index is 2.27. The van der Waals surface area contributed by atoms with Gasteiger partial charge < -0.3 is 4.43 Å². The quantitative estimate of drug-likeness (QED) is 0.460. The van der Waals surface area contributed by atoms with Crippen molar-refractivity contribution in [3.05, 3.63) is 65.7 Å². The molecule has 0 saturated carbocycles. The molecule has 2 aromatic rings. The summed E-state index contributed by atoms with van der Waals surface area (Å²) in [6, 6.07) is 17.6. The number of benzene rings is 2. The summed E-state index contributed by atoms with van der Waals surface area (Å²) in [5, 5.41) is 0.0873. The highest BCUT2D eigenvalue weighted by Crippen LogP contribution is 2.39. The third-order valence-corrected chi connectivity index (χ3v) is 10.3. The van der Waals surface area contributed by atoms with E-state index in [9.17, 15) is 4.21 Å². The van der Waals surface area contributed by atoms with Crippen LogP contribution in [0, 0.1) is 6.92 Å². The van der Waals surface area contributed by atoms with Gasteiger partial charge in [-0.1, -0.05) is 68.8 Å². The second-order valence-corrected chi connectivity index (χ2v) is 14.0. The van der Waals surface area contributed by atoms with Crippen molar-refractivity contribution in [1.82, 2.24) is 0 Å². The van der Waals surface area contributed by atoms with Gasteiger partial charge in [-0.15, -0.1) is 0 Å². The highest BCUT2D eigenvalue weighted by atomic mass is 32.2. The van der Waals surface area contributed by atoms with Crippen molar-refractivity contribution in [2.24, 2.45) is 4.40 Å². The highest BCUT2D eigenvalue weighted by molar-refractivity contribution is 7.83. The highest BCUT2D eigenvalue weighted by Gasteiger charge is 2.39. The Hall–Kier alpha value is -1.56. The average molecular weight is 388 g/mol. The molecular formula is C21H29NO2SSi. The molecule has 0 bridgehead atoms. The van der Waals surface area contributed by atoms with Crippen LogP contribution in [0.4, 0.5) is 0 Å². The van der Waals surface area contributed by atoms with Crippen molar-refractivity contribution in [3.63, 3.8) is 0 Å². The number of hydrogen-bond donors (Lipinski definition) is 0. The molecule has 2 atom stereocenters. The van der Waals surface area contributed by atoms with E-state index in [1.54, 1.807) is 6.21 Å². The maximum atomic E-state index is 12.5. The van der Waals surface area contributed by atoms with Gasteiger partial charge >= 0.3 is 0 Å². The third kappa shape index (κ3) is 5.46. The molecule has 140 valence electrons. The van der Waals surface area contributed by atoms with Crippen LogP contribution in [0.25, 0.3) is 0 Å². The first-order valence-electron chi connectivity index (χ1n) is 8.86. The van der Waals surface area contributed by atoms with E-state index in [1.165, 1.54) is 0 Å². The Morgan fingerprint density at radius 1 is 1.04 bits per heavy atom. The van der Waals surface area contributed by atoms with Gasteiger partial charge in [0.1, 0.15) is 6.10 Å². The van der Waals surface area contributed by atoms with E-state index in [2.05, 4.69) is 38.3 Å². The smallest absolute Gasteiger partial charge is 0.193 e. The van der Waals surface area contributed by atoms with E-state index in [0.717, 1.165) is 11.1 Å². The van der Waals surface area contributed by atoms with Gasteiger partial charge in [0.05, 0.1) is 4.90 Å². The second kappa shape index (κ2) is 8.42. The lowest BCUT2D eigenvalue weighted by Crippen LogP contribution is -2.42. The summed E-state index contributed by atoms with van der Waals surface area (Å²) in [6.07, 6.45) is 1.40. The Kier molecular flexibility index (Phi) is 6.72. The normalized spacial score (nSPS) is 15.2. The molecule has 0 aromatic heterocycles. The zero-order valence-corrected chi connectivity index (χ0v) is 18.3. The Labute approximate surface area is 161 Å². The number of aryl methyl sites for hydroxylation is 1. The molecule has 0 aliphatic rings. The first-order chi connectivity index (χ1) is 12.1. The van der Waals surface area contributed by atoms with Gasteiger partial charge in [0.2, 0.25) is 0 Å². The van der Waals surface area contributed by atoms with Gasteiger partial charge in [0.15, 0.2) is 19.3 Å². The van der Waals surface area contributed by atoms with Gasteiger partial charge in [-0.2, -0.15) is 4.40 Å². The fourth-order valence-corrected chi connectivity index (χ4v) is 4.04. The minimum atomic E-state index is -2.00. The standard InChI is InChI=1S/C21H29NO2SSi/c1-17-12-14-19(15-13-17)25(23)22-16-20(18-10-8-7-9-11-18)24-26(5,6)21(2,3)4/h7-16,20H,1-6H3/b22-16+/t20-,25-/m0/s1. The Morgan fingerprint density at radius 2 is 1.62 bits per heavy atom. The van der Waals surface area contributed by atoms with Crippen molar-refractivity contribution in [3.8, 4) is 0 Å². The van der Waals surface area contributed by atoms with Gasteiger partial charge in [-0.05, 0) is 42.8 Å². The summed E-state index contributed by atoms with van der Waals surface area (Å²) in [4.78, 5) is 0.700. The Morgan fingerprint density at radius 3 is 2.15 bits per heavy atom. The van der Waals surface area contributed by atoms with E-state index in [0.29, 0.717) is 4.90 Å². The lowest BCUT2D eigenvalue weighted by Gasteiger charge is -2.38. The fourth-order valence-electron chi connectivity index (χ4n) is 2.15. The molecule has 2 aromatic carbocycles. The minimum Gasteiger partial charge on any atom is -0.405 e. The van der Waals surface area contributed by atoms with Gasteiger partial charge in [0, 0.05) is 6.21 Å². The van der Waals surface area contributed by atoms with Crippen LogP contribution in [0.5, 0.6) is 0 Å². The maximum absolute atomic E-state index is 12.5. The van der Waals surface area contributed by atoms with Gasteiger partial charge in [-0.25, -0.2) is 4.21 Å². The molecule has 0 fully saturated rings. The molecule has 3 nitrogen and oxygen atoms in total. The van der Waals surface area contributed by atoms with E-state index < -0.39 is 19.3 Å². The number of nitrogens with zero attached hydrogens (tertiary/aromatic N) is 1. The van der Waals surface area contributed by atoms with Gasteiger partial charge in [0.25, 0.3) is 0 Å². The van der Waals surface area contributed by atoms with Crippen LogP contribution in [-0.4, -0.2) is 18.7 Å². The van der Waals surface area contributed by atoms with Crippen molar-refractivity contribution < 1.29 is 8.63 Å². The number of hydrogen-bond acceptors (Lipinski definition) is 2. The summed E-state index contributed by atoms with van der Waals surface area (Å²) in [5.41, 5.74) is 2.17. The fraction of sp³-hybridized carbons (Fsp3) is 0.381. The lowest BCUT2D eigenvalue weighted by molar-refractivity contribution is 0.251. The largest absolute Gasteiger partial charge is 0.405 e. The molecule has 0 radical (unpaired) electrons. The molecule has 0 amide bonds. The minimum absolute atomic E-state index is 0.0873. The van der Waals surface area contributed by atoms with E-state index >= 15 is 0 Å². The molecule has 0 unspecified atom stereocenters. The second-order valence-electron chi connectivity index (χ2n) is 8.03. The zero-order chi connectivity index (χ0) is 19.4. The number of rotatable bonds is 6. The van der Waals surface area contributed by atoms with Crippen molar-refractivity contribution in [2.45, 2.75) is 56.8 Å². The molecule has 0 spiro atoms. The summed E-state index contributed by atoms with van der Waals surface area (Å²) in [7, 11) is -3.43. The molecule has 0 heterocycles. The van der Waals surface area contributed by atoms with Crippen molar-refractivity contribution in [1.29, 1.82) is 0 Å². The van der Waals surface area contributed by atoms with Gasteiger partial charge in [-0.3, -0.25) is 0 Å².